The Morgan fingerprint density at radius 1 is 0.314 bits per heavy atom. The first-order valence-corrected chi connectivity index (χ1v) is 27.3. The van der Waals surface area contributed by atoms with Crippen molar-refractivity contribution in [1.29, 1.82) is 0 Å². The molecule has 9 rings (SSSR count). The van der Waals surface area contributed by atoms with E-state index >= 15 is 0 Å². The molecule has 3 nitrogen and oxygen atoms in total. The van der Waals surface area contributed by atoms with Crippen molar-refractivity contribution in [3.63, 3.8) is 0 Å². The fourth-order valence-corrected chi connectivity index (χ4v) is 21.1. The van der Waals surface area contributed by atoms with Gasteiger partial charge in [-0.3, -0.25) is 0 Å². The van der Waals surface area contributed by atoms with E-state index in [1.165, 1.54) is 0 Å². The van der Waals surface area contributed by atoms with Gasteiger partial charge in [0, 0.05) is 0 Å². The summed E-state index contributed by atoms with van der Waals surface area (Å²) in [6.07, 6.45) is -10.0. The van der Waals surface area contributed by atoms with Gasteiger partial charge in [-0.1, -0.05) is 0 Å². The molecule has 352 valence electrons. The van der Waals surface area contributed by atoms with E-state index in [1.54, 1.807) is 0 Å². The van der Waals surface area contributed by atoms with Crippen LogP contribution < -0.4 is 36.5 Å². The summed E-state index contributed by atoms with van der Waals surface area (Å²) >= 11 is 0. The van der Waals surface area contributed by atoms with Crippen molar-refractivity contribution in [3.05, 3.63) is 283 Å². The quantitative estimate of drug-likeness (QED) is 0.0549. The van der Waals surface area contributed by atoms with Crippen LogP contribution in [0.1, 0.15) is 22.3 Å². The first-order valence-electron chi connectivity index (χ1n) is 22.6. The molecule has 0 radical (unpaired) electrons. The molecule has 0 saturated heterocycles. The molecule has 0 spiro atoms. The summed E-state index contributed by atoms with van der Waals surface area (Å²) in [5, 5.41) is 4.22. The Kier molecular flexibility index (Phi) is 13.5. The summed E-state index contributed by atoms with van der Waals surface area (Å²) in [4.78, 5) is 0. The van der Waals surface area contributed by atoms with Crippen molar-refractivity contribution < 1.29 is 39.9 Å². The third-order valence-electron chi connectivity index (χ3n) is 12.9. The first-order chi connectivity index (χ1) is 33.8. The Hall–Kier alpha value is -6.80. The van der Waals surface area contributed by atoms with Gasteiger partial charge in [0.05, 0.1) is 0 Å². The summed E-state index contributed by atoms with van der Waals surface area (Å²) in [6, 6.07) is 78.1. The molecule has 9 aromatic rings. The molecule has 0 heterocycles. The average molecular weight is 979 g/mol. The Labute approximate surface area is 404 Å². The van der Waals surface area contributed by atoms with Crippen molar-refractivity contribution >= 4 is 52.8 Å². The molecular weight excluding hydrogens is 931 g/mol. The topological polar surface area (TPSA) is 27.7 Å². The van der Waals surface area contributed by atoms with Crippen LogP contribution in [0.2, 0.25) is 0 Å². The maximum absolute atomic E-state index is 14.9. The van der Waals surface area contributed by atoms with E-state index in [1.807, 2.05) is 243 Å². The van der Waals surface area contributed by atoms with Gasteiger partial charge in [-0.05, 0) is 0 Å². The van der Waals surface area contributed by atoms with E-state index in [-0.39, 0.29) is 18.4 Å². The molecule has 9 aromatic carbocycles. The molecule has 0 aliphatic heterocycles. The van der Waals surface area contributed by atoms with Crippen molar-refractivity contribution in [2.24, 2.45) is 0 Å². The van der Waals surface area contributed by atoms with Crippen LogP contribution >= 0.6 is 13.7 Å². The zero-order valence-electron chi connectivity index (χ0n) is 37.7. The fourth-order valence-electron chi connectivity index (χ4n) is 9.75. The Morgan fingerprint density at radius 2 is 0.543 bits per heavy atom. The van der Waals surface area contributed by atoms with Crippen LogP contribution in [0.15, 0.2) is 261 Å². The van der Waals surface area contributed by atoms with E-state index < -0.39 is 50.2 Å². The summed E-state index contributed by atoms with van der Waals surface area (Å²) in [7, 11) is -2.06. The van der Waals surface area contributed by atoms with E-state index in [0.29, 0.717) is 44.0 Å². The number of alkyl halides is 6. The Balaban J connectivity index is 1.47. The molecule has 12 heteroatoms. The van der Waals surface area contributed by atoms with Crippen LogP contribution in [0, 0.1) is 0 Å². The van der Waals surface area contributed by atoms with Gasteiger partial charge in [0.1, 0.15) is 0 Å². The van der Waals surface area contributed by atoms with Crippen LogP contribution in [-0.2, 0) is 33.6 Å². The molecular formula is C58H47BF6O3P2. The van der Waals surface area contributed by atoms with Gasteiger partial charge in [-0.2, -0.15) is 0 Å². The standard InChI is InChI=1S/C58H47BF6O3P2/c60-57(61,62)48-41-49(58(63,64)65)43-50(42-48)66-59(67-69(51-29-13-3-14-30-51,52-31-15-4-16-32-52,53-33-17-5-18-34-53)44-46-25-9-1-10-26-46)68-70(54-35-19-6-20-36-54,55-37-21-7-22-38-55,56-39-23-8-24-40-56)45-47-27-11-2-12-28-47/h1-43H,44-45H2. The molecule has 0 amide bonds. The molecule has 70 heavy (non-hydrogen) atoms. The second-order valence-corrected chi connectivity index (χ2v) is 26.1. The number of hydrogen-bond donors (Lipinski definition) is 0. The first kappa shape index (κ1) is 48.2. The van der Waals surface area contributed by atoms with Crippen LogP contribution in [0.4, 0.5) is 26.3 Å². The van der Waals surface area contributed by atoms with Gasteiger partial charge >= 0.3 is 406 Å². The zero-order chi connectivity index (χ0) is 48.8. The van der Waals surface area contributed by atoms with Crippen LogP contribution in [0.5, 0.6) is 5.75 Å². The SMILES string of the molecule is FC(F)(F)c1cc(OB(OP(Cc2ccccc2)(c2ccccc2)(c2ccccc2)c2ccccc2)OP(Cc2ccccc2)(c2ccccc2)(c2ccccc2)c2ccccc2)cc(C(F)(F)F)c1. The number of benzene rings is 9. The van der Waals surface area contributed by atoms with Crippen molar-refractivity contribution in [1.82, 2.24) is 0 Å². The second kappa shape index (κ2) is 19.5. The van der Waals surface area contributed by atoms with Crippen molar-refractivity contribution in [2.75, 3.05) is 0 Å². The molecule has 0 bridgehead atoms. The van der Waals surface area contributed by atoms with Crippen molar-refractivity contribution in [3.8, 4) is 5.75 Å². The monoisotopic (exact) mass is 978 g/mol. The Bertz CT molecular complexity index is 2710. The minimum atomic E-state index is -5.19. The maximum atomic E-state index is 14.9. The predicted octanol–water partition coefficient (Wildman–Crippen LogP) is 13.4. The van der Waals surface area contributed by atoms with Crippen molar-refractivity contribution in [2.45, 2.75) is 24.7 Å². The van der Waals surface area contributed by atoms with Gasteiger partial charge in [-0.25, -0.2) is 0 Å². The molecule has 0 aliphatic rings. The van der Waals surface area contributed by atoms with Gasteiger partial charge in [0.25, 0.3) is 0 Å². The average Bonchev–Trinajstić information content (AvgIpc) is 3.40. The summed E-state index contributed by atoms with van der Waals surface area (Å²) in [5.74, 6) is -0.761. The normalized spacial score (nSPS) is 13.3. The molecule has 0 unspecified atom stereocenters. The van der Waals surface area contributed by atoms with Gasteiger partial charge in [0.15, 0.2) is 0 Å². The fraction of sp³-hybridized carbons (Fsp3) is 0.0690. The van der Waals surface area contributed by atoms with E-state index in [2.05, 4.69) is 0 Å². The third-order valence-corrected chi connectivity index (χ3v) is 24.5. The molecule has 0 aliphatic carbocycles. The van der Waals surface area contributed by atoms with Crippen LogP contribution in [0.3, 0.4) is 0 Å². The van der Waals surface area contributed by atoms with E-state index in [4.69, 9.17) is 13.5 Å². The van der Waals surface area contributed by atoms with Crippen LogP contribution in [0.25, 0.3) is 0 Å². The van der Waals surface area contributed by atoms with Crippen LogP contribution in [-0.4, -0.2) is 7.32 Å². The molecule has 0 saturated carbocycles. The summed E-state index contributed by atoms with van der Waals surface area (Å²) in [5.41, 5.74) is -1.43. The second-order valence-electron chi connectivity index (χ2n) is 17.1. The number of halogens is 6. The summed E-state index contributed by atoms with van der Waals surface area (Å²) < 4.78 is 113. The third kappa shape index (κ3) is 8.98. The van der Waals surface area contributed by atoms with Gasteiger partial charge < -0.3 is 0 Å². The van der Waals surface area contributed by atoms with E-state index in [0.717, 1.165) is 11.1 Å². The Morgan fingerprint density at radius 3 is 0.771 bits per heavy atom. The van der Waals surface area contributed by atoms with Gasteiger partial charge in [0.2, 0.25) is 0 Å². The molecule has 0 N–H and O–H groups in total. The number of hydrogen-bond acceptors (Lipinski definition) is 3. The van der Waals surface area contributed by atoms with Gasteiger partial charge in [-0.15, -0.1) is 0 Å². The predicted molar refractivity (Wildman–Crippen MR) is 276 cm³/mol. The van der Waals surface area contributed by atoms with E-state index in [9.17, 15) is 26.3 Å². The summed E-state index contributed by atoms with van der Waals surface area (Å²) in [6.45, 7) is -9.59. The number of rotatable bonds is 16. The minimum absolute atomic E-state index is 0.0875. The molecule has 0 atom stereocenters. The molecule has 0 aromatic heterocycles. The zero-order valence-corrected chi connectivity index (χ0v) is 39.5. The molecule has 0 fully saturated rings.